The molecule has 2 aromatic carbocycles. The van der Waals surface area contributed by atoms with Crippen molar-refractivity contribution >= 4 is 11.6 Å². The first-order valence-corrected chi connectivity index (χ1v) is 7.56. The van der Waals surface area contributed by atoms with Crippen molar-refractivity contribution in [2.75, 3.05) is 6.61 Å². The summed E-state index contributed by atoms with van der Waals surface area (Å²) < 4.78 is 5.53. The lowest BCUT2D eigenvalue weighted by atomic mass is 10.1. The van der Waals surface area contributed by atoms with E-state index in [0.717, 1.165) is 22.4 Å². The smallest absolute Gasteiger partial charge is 0.277 e. The molecule has 0 saturated heterocycles. The van der Waals surface area contributed by atoms with E-state index in [-0.39, 0.29) is 12.5 Å². The Labute approximate surface area is 137 Å². The molecule has 120 valence electrons. The standard InChI is InChI=1S/C19H22N2O2/c1-13-5-8-17(9-6-13)16(4)20-21-19(22)12-23-18-10-7-14(2)11-15(18)3/h5-11H,12H2,1-4H3,(H,21,22). The third-order valence-electron chi connectivity index (χ3n) is 3.51. The summed E-state index contributed by atoms with van der Waals surface area (Å²) in [6.45, 7) is 7.80. The van der Waals surface area contributed by atoms with Gasteiger partial charge in [-0.2, -0.15) is 5.10 Å². The quantitative estimate of drug-likeness (QED) is 0.678. The van der Waals surface area contributed by atoms with Gasteiger partial charge in [0.2, 0.25) is 0 Å². The Balaban J connectivity index is 1.89. The highest BCUT2D eigenvalue weighted by Crippen LogP contribution is 2.18. The van der Waals surface area contributed by atoms with Crippen molar-refractivity contribution in [2.24, 2.45) is 5.10 Å². The molecule has 0 atom stereocenters. The molecule has 1 amide bonds. The normalized spacial score (nSPS) is 11.2. The summed E-state index contributed by atoms with van der Waals surface area (Å²) in [5, 5.41) is 4.11. The molecule has 4 nitrogen and oxygen atoms in total. The number of rotatable bonds is 5. The van der Waals surface area contributed by atoms with Crippen molar-refractivity contribution < 1.29 is 9.53 Å². The number of hydrogen-bond acceptors (Lipinski definition) is 3. The average Bonchev–Trinajstić information content (AvgIpc) is 2.52. The molecule has 2 aromatic rings. The predicted octanol–water partition coefficient (Wildman–Crippen LogP) is 3.53. The summed E-state index contributed by atoms with van der Waals surface area (Å²) >= 11 is 0. The predicted molar refractivity (Wildman–Crippen MR) is 92.9 cm³/mol. The van der Waals surface area contributed by atoms with Crippen LogP contribution in [0.1, 0.15) is 29.2 Å². The molecule has 2 rings (SSSR count). The zero-order chi connectivity index (χ0) is 16.8. The van der Waals surface area contributed by atoms with E-state index in [0.29, 0.717) is 5.75 Å². The van der Waals surface area contributed by atoms with Gasteiger partial charge in [-0.25, -0.2) is 5.43 Å². The van der Waals surface area contributed by atoms with Gasteiger partial charge in [0.1, 0.15) is 5.75 Å². The van der Waals surface area contributed by atoms with Gasteiger partial charge >= 0.3 is 0 Å². The van der Waals surface area contributed by atoms with Gasteiger partial charge in [-0.05, 0) is 44.9 Å². The Kier molecular flexibility index (Phi) is 5.52. The fourth-order valence-corrected chi connectivity index (χ4v) is 2.14. The number of ether oxygens (including phenoxy) is 1. The summed E-state index contributed by atoms with van der Waals surface area (Å²) in [6.07, 6.45) is 0. The zero-order valence-electron chi connectivity index (χ0n) is 14.0. The van der Waals surface area contributed by atoms with Crippen LogP contribution in [-0.4, -0.2) is 18.2 Å². The van der Waals surface area contributed by atoms with Crippen molar-refractivity contribution in [3.05, 3.63) is 64.7 Å². The fourth-order valence-electron chi connectivity index (χ4n) is 2.14. The second-order valence-corrected chi connectivity index (χ2v) is 5.66. The van der Waals surface area contributed by atoms with Crippen molar-refractivity contribution in [1.29, 1.82) is 0 Å². The van der Waals surface area contributed by atoms with Crippen LogP contribution in [0, 0.1) is 20.8 Å². The van der Waals surface area contributed by atoms with E-state index in [1.165, 1.54) is 5.56 Å². The first-order valence-electron chi connectivity index (χ1n) is 7.56. The number of carbonyl (C=O) groups is 1. The molecule has 0 aliphatic carbocycles. The maximum atomic E-state index is 11.8. The van der Waals surface area contributed by atoms with Crippen LogP contribution in [0.3, 0.4) is 0 Å². The van der Waals surface area contributed by atoms with Crippen LogP contribution in [0.5, 0.6) is 5.75 Å². The van der Waals surface area contributed by atoms with E-state index in [4.69, 9.17) is 4.74 Å². The van der Waals surface area contributed by atoms with Gasteiger partial charge in [0, 0.05) is 0 Å². The molecule has 0 saturated carbocycles. The highest BCUT2D eigenvalue weighted by Gasteiger charge is 2.05. The van der Waals surface area contributed by atoms with Crippen LogP contribution >= 0.6 is 0 Å². The molecular weight excluding hydrogens is 288 g/mol. The third kappa shape index (κ3) is 4.95. The Morgan fingerprint density at radius 3 is 2.35 bits per heavy atom. The SMILES string of the molecule is CC(=NNC(=O)COc1ccc(C)cc1C)c1ccc(C)cc1. The van der Waals surface area contributed by atoms with E-state index in [2.05, 4.69) is 10.5 Å². The van der Waals surface area contributed by atoms with Crippen molar-refractivity contribution in [3.63, 3.8) is 0 Å². The van der Waals surface area contributed by atoms with Crippen LogP contribution in [0.2, 0.25) is 0 Å². The van der Waals surface area contributed by atoms with Crippen molar-refractivity contribution in [1.82, 2.24) is 5.43 Å². The molecule has 0 unspecified atom stereocenters. The lowest BCUT2D eigenvalue weighted by Gasteiger charge is -2.09. The van der Waals surface area contributed by atoms with Crippen LogP contribution in [-0.2, 0) is 4.79 Å². The van der Waals surface area contributed by atoms with E-state index < -0.39 is 0 Å². The lowest BCUT2D eigenvalue weighted by Crippen LogP contribution is -2.25. The first-order chi connectivity index (χ1) is 11.0. The van der Waals surface area contributed by atoms with E-state index in [1.807, 2.05) is 70.2 Å². The topological polar surface area (TPSA) is 50.7 Å². The minimum atomic E-state index is -0.281. The molecular formula is C19H22N2O2. The zero-order valence-corrected chi connectivity index (χ0v) is 14.0. The third-order valence-corrected chi connectivity index (χ3v) is 3.51. The summed E-state index contributed by atoms with van der Waals surface area (Å²) in [6, 6.07) is 13.8. The average molecular weight is 310 g/mol. The molecule has 4 heteroatoms. The molecule has 0 aromatic heterocycles. The Morgan fingerprint density at radius 2 is 1.70 bits per heavy atom. The highest BCUT2D eigenvalue weighted by molar-refractivity contribution is 5.99. The number of amides is 1. The number of aryl methyl sites for hydroxylation is 3. The molecule has 0 radical (unpaired) electrons. The summed E-state index contributed by atoms with van der Waals surface area (Å²) in [5.74, 6) is 0.432. The van der Waals surface area contributed by atoms with Gasteiger partial charge in [-0.1, -0.05) is 47.5 Å². The van der Waals surface area contributed by atoms with Gasteiger partial charge in [-0.3, -0.25) is 4.79 Å². The summed E-state index contributed by atoms with van der Waals surface area (Å²) in [5.41, 5.74) is 7.62. The first kappa shape index (κ1) is 16.7. The number of hydrogen-bond donors (Lipinski definition) is 1. The molecule has 0 aliphatic rings. The van der Waals surface area contributed by atoms with Gasteiger partial charge in [0.15, 0.2) is 6.61 Å². The largest absolute Gasteiger partial charge is 0.483 e. The van der Waals surface area contributed by atoms with Crippen LogP contribution in [0.25, 0.3) is 0 Å². The summed E-state index contributed by atoms with van der Waals surface area (Å²) in [7, 11) is 0. The van der Waals surface area contributed by atoms with Gasteiger partial charge in [-0.15, -0.1) is 0 Å². The second kappa shape index (κ2) is 7.58. The number of nitrogens with one attached hydrogen (secondary N) is 1. The molecule has 0 heterocycles. The molecule has 0 aliphatic heterocycles. The van der Waals surface area contributed by atoms with Gasteiger partial charge in [0.05, 0.1) is 5.71 Å². The molecule has 0 fully saturated rings. The number of benzene rings is 2. The molecule has 0 bridgehead atoms. The Hall–Kier alpha value is -2.62. The van der Waals surface area contributed by atoms with Crippen molar-refractivity contribution in [3.8, 4) is 5.75 Å². The van der Waals surface area contributed by atoms with E-state index in [1.54, 1.807) is 0 Å². The van der Waals surface area contributed by atoms with Gasteiger partial charge < -0.3 is 4.74 Å². The van der Waals surface area contributed by atoms with Crippen LogP contribution in [0.4, 0.5) is 0 Å². The van der Waals surface area contributed by atoms with Crippen LogP contribution < -0.4 is 10.2 Å². The summed E-state index contributed by atoms with van der Waals surface area (Å²) in [4.78, 5) is 11.8. The number of nitrogens with zero attached hydrogens (tertiary/aromatic N) is 1. The molecule has 0 spiro atoms. The monoisotopic (exact) mass is 310 g/mol. The number of carbonyl (C=O) groups excluding carboxylic acids is 1. The Morgan fingerprint density at radius 1 is 1.04 bits per heavy atom. The Bertz CT molecular complexity index is 719. The maximum Gasteiger partial charge on any atom is 0.277 e. The number of hydrazone groups is 1. The highest BCUT2D eigenvalue weighted by atomic mass is 16.5. The van der Waals surface area contributed by atoms with Gasteiger partial charge in [0.25, 0.3) is 5.91 Å². The fraction of sp³-hybridized carbons (Fsp3) is 0.263. The minimum absolute atomic E-state index is 0.0609. The van der Waals surface area contributed by atoms with E-state index in [9.17, 15) is 4.79 Å². The lowest BCUT2D eigenvalue weighted by molar-refractivity contribution is -0.123. The molecule has 1 N–H and O–H groups in total. The maximum absolute atomic E-state index is 11.8. The second-order valence-electron chi connectivity index (χ2n) is 5.66. The van der Waals surface area contributed by atoms with Crippen LogP contribution in [0.15, 0.2) is 47.6 Å². The van der Waals surface area contributed by atoms with E-state index >= 15 is 0 Å². The van der Waals surface area contributed by atoms with Crippen molar-refractivity contribution in [2.45, 2.75) is 27.7 Å². The minimum Gasteiger partial charge on any atom is -0.483 e. The molecule has 23 heavy (non-hydrogen) atoms.